The molecular weight excluding hydrogens is 346 g/mol. The molecule has 0 fully saturated rings. The molecule has 110 valence electrons. The SMILES string of the molecule is Cc1nc(=O)n(CC(=O)c2cc(F)ccc2F)c(C)c1Br. The molecule has 0 bridgehead atoms. The van der Waals surface area contributed by atoms with Crippen LogP contribution in [0.1, 0.15) is 21.7 Å². The van der Waals surface area contributed by atoms with E-state index in [9.17, 15) is 18.4 Å². The quantitative estimate of drug-likeness (QED) is 0.794. The van der Waals surface area contributed by atoms with Crippen molar-refractivity contribution in [1.82, 2.24) is 9.55 Å². The third kappa shape index (κ3) is 3.07. The summed E-state index contributed by atoms with van der Waals surface area (Å²) in [7, 11) is 0. The summed E-state index contributed by atoms with van der Waals surface area (Å²) in [6, 6.07) is 2.61. The van der Waals surface area contributed by atoms with Gasteiger partial charge in [-0.15, -0.1) is 0 Å². The van der Waals surface area contributed by atoms with Gasteiger partial charge in [-0.1, -0.05) is 0 Å². The maximum Gasteiger partial charge on any atom is 0.348 e. The monoisotopic (exact) mass is 356 g/mol. The van der Waals surface area contributed by atoms with Crippen molar-refractivity contribution < 1.29 is 13.6 Å². The number of aryl methyl sites for hydroxylation is 1. The molecule has 0 unspecified atom stereocenters. The van der Waals surface area contributed by atoms with Crippen molar-refractivity contribution in [2.24, 2.45) is 0 Å². The number of carbonyl (C=O) groups is 1. The second-order valence-electron chi connectivity index (χ2n) is 4.51. The number of hydrogen-bond acceptors (Lipinski definition) is 3. The van der Waals surface area contributed by atoms with Gasteiger partial charge in [0.15, 0.2) is 5.78 Å². The topological polar surface area (TPSA) is 52.0 Å². The average Bonchev–Trinajstić information content (AvgIpc) is 2.43. The van der Waals surface area contributed by atoms with E-state index in [1.165, 1.54) is 0 Å². The second-order valence-corrected chi connectivity index (χ2v) is 5.31. The van der Waals surface area contributed by atoms with Gasteiger partial charge >= 0.3 is 5.69 Å². The zero-order valence-electron chi connectivity index (χ0n) is 11.3. The zero-order valence-corrected chi connectivity index (χ0v) is 12.9. The molecule has 4 nitrogen and oxygen atoms in total. The van der Waals surface area contributed by atoms with E-state index in [-0.39, 0.29) is 0 Å². The highest BCUT2D eigenvalue weighted by Crippen LogP contribution is 2.17. The van der Waals surface area contributed by atoms with Gasteiger partial charge in [0, 0.05) is 5.69 Å². The molecule has 7 heteroatoms. The van der Waals surface area contributed by atoms with Crippen molar-refractivity contribution >= 4 is 21.7 Å². The number of halogens is 3. The Labute approximate surface area is 127 Å². The van der Waals surface area contributed by atoms with Crippen LogP contribution >= 0.6 is 15.9 Å². The minimum atomic E-state index is -0.828. The van der Waals surface area contributed by atoms with Crippen LogP contribution in [0.3, 0.4) is 0 Å². The first kappa shape index (κ1) is 15.5. The number of rotatable bonds is 3. The highest BCUT2D eigenvalue weighted by Gasteiger charge is 2.17. The highest BCUT2D eigenvalue weighted by molar-refractivity contribution is 9.10. The van der Waals surface area contributed by atoms with Crippen molar-refractivity contribution in [2.45, 2.75) is 20.4 Å². The van der Waals surface area contributed by atoms with Crippen LogP contribution in [0.5, 0.6) is 0 Å². The first-order valence-corrected chi connectivity index (χ1v) is 6.82. The van der Waals surface area contributed by atoms with Crippen molar-refractivity contribution in [3.63, 3.8) is 0 Å². The molecule has 0 aliphatic rings. The van der Waals surface area contributed by atoms with Gasteiger partial charge in [-0.25, -0.2) is 13.6 Å². The number of benzene rings is 1. The minimum absolute atomic E-state index is 0.391. The summed E-state index contributed by atoms with van der Waals surface area (Å²) in [5, 5.41) is 0. The maximum absolute atomic E-state index is 13.6. The Balaban J connectivity index is 2.43. The third-order valence-electron chi connectivity index (χ3n) is 3.06. The lowest BCUT2D eigenvalue weighted by atomic mass is 10.1. The van der Waals surface area contributed by atoms with Gasteiger partial charge in [0.05, 0.1) is 22.3 Å². The predicted molar refractivity (Wildman–Crippen MR) is 76.4 cm³/mol. The van der Waals surface area contributed by atoms with Crippen molar-refractivity contribution in [3.05, 3.63) is 61.7 Å². The molecule has 0 saturated heterocycles. The van der Waals surface area contributed by atoms with Gasteiger partial charge in [0.2, 0.25) is 0 Å². The van der Waals surface area contributed by atoms with Crippen LogP contribution in [0.25, 0.3) is 0 Å². The van der Waals surface area contributed by atoms with Gasteiger partial charge in [0.25, 0.3) is 0 Å². The van der Waals surface area contributed by atoms with Crippen molar-refractivity contribution in [2.75, 3.05) is 0 Å². The summed E-state index contributed by atoms with van der Waals surface area (Å²) in [5.41, 5.74) is -0.00726. The van der Waals surface area contributed by atoms with Crippen LogP contribution in [-0.2, 0) is 6.54 Å². The molecule has 0 saturated carbocycles. The fraction of sp³-hybridized carbons (Fsp3) is 0.214. The van der Waals surface area contributed by atoms with Crippen LogP contribution in [0.4, 0.5) is 8.78 Å². The fourth-order valence-corrected chi connectivity index (χ4v) is 2.21. The molecule has 0 N–H and O–H groups in total. The molecule has 2 aromatic rings. The summed E-state index contributed by atoms with van der Waals surface area (Å²) in [5.74, 6) is -2.24. The van der Waals surface area contributed by atoms with Crippen LogP contribution in [0.15, 0.2) is 27.5 Å². The molecule has 1 aromatic carbocycles. The first-order chi connectivity index (χ1) is 9.81. The number of Topliss-reactive ketones (excluding diaryl/α,β-unsaturated/α-hetero) is 1. The Hall–Kier alpha value is -1.89. The van der Waals surface area contributed by atoms with Gasteiger partial charge < -0.3 is 0 Å². The highest BCUT2D eigenvalue weighted by atomic mass is 79.9. The van der Waals surface area contributed by atoms with E-state index in [1.54, 1.807) is 13.8 Å². The molecule has 0 aliphatic carbocycles. The molecule has 1 heterocycles. The summed E-state index contributed by atoms with van der Waals surface area (Å²) in [6.45, 7) is 2.88. The second kappa shape index (κ2) is 5.85. The normalized spacial score (nSPS) is 10.7. The van der Waals surface area contributed by atoms with Crippen LogP contribution < -0.4 is 5.69 Å². The van der Waals surface area contributed by atoms with E-state index in [0.29, 0.717) is 15.9 Å². The minimum Gasteiger partial charge on any atom is -0.292 e. The summed E-state index contributed by atoms with van der Waals surface area (Å²) < 4.78 is 28.4. The van der Waals surface area contributed by atoms with Crippen molar-refractivity contribution in [1.29, 1.82) is 0 Å². The maximum atomic E-state index is 13.6. The Morgan fingerprint density at radius 2 is 2.00 bits per heavy atom. The largest absolute Gasteiger partial charge is 0.348 e. The molecule has 1 aromatic heterocycles. The Morgan fingerprint density at radius 3 is 2.67 bits per heavy atom. The molecular formula is C14H11BrF2N2O2. The van der Waals surface area contributed by atoms with E-state index >= 15 is 0 Å². The fourth-order valence-electron chi connectivity index (χ4n) is 1.90. The van der Waals surface area contributed by atoms with E-state index in [1.807, 2.05) is 0 Å². The standard InChI is InChI=1S/C14H11BrF2N2O2/c1-7-13(15)8(2)19(14(21)18-7)6-12(20)10-5-9(16)3-4-11(10)17/h3-5H,6H2,1-2H3. The molecule has 0 aliphatic heterocycles. The third-order valence-corrected chi connectivity index (χ3v) is 4.21. The van der Waals surface area contributed by atoms with E-state index in [2.05, 4.69) is 20.9 Å². The molecule has 0 atom stereocenters. The number of aromatic nitrogens is 2. The Morgan fingerprint density at radius 1 is 1.33 bits per heavy atom. The first-order valence-electron chi connectivity index (χ1n) is 6.03. The number of ketones is 1. The zero-order chi connectivity index (χ0) is 15.7. The smallest absolute Gasteiger partial charge is 0.292 e. The van der Waals surface area contributed by atoms with E-state index in [0.717, 1.165) is 22.8 Å². The van der Waals surface area contributed by atoms with Gasteiger partial charge in [-0.2, -0.15) is 4.98 Å². The lowest BCUT2D eigenvalue weighted by Crippen LogP contribution is -2.29. The number of hydrogen-bond donors (Lipinski definition) is 0. The van der Waals surface area contributed by atoms with E-state index in [4.69, 9.17) is 0 Å². The van der Waals surface area contributed by atoms with Crippen LogP contribution in [0, 0.1) is 25.5 Å². The van der Waals surface area contributed by atoms with Gasteiger partial charge in [-0.05, 0) is 48.0 Å². The molecule has 0 amide bonds. The Bertz CT molecular complexity index is 787. The lowest BCUT2D eigenvalue weighted by Gasteiger charge is -2.11. The predicted octanol–water partition coefficient (Wildman–Crippen LogP) is 2.78. The van der Waals surface area contributed by atoms with Crippen molar-refractivity contribution in [3.8, 4) is 0 Å². The molecule has 2 rings (SSSR count). The average molecular weight is 357 g/mol. The number of nitrogens with zero attached hydrogens (tertiary/aromatic N) is 2. The summed E-state index contributed by atoms with van der Waals surface area (Å²) in [6.07, 6.45) is 0. The number of carbonyl (C=O) groups excluding carboxylic acids is 1. The van der Waals surface area contributed by atoms with Crippen LogP contribution in [-0.4, -0.2) is 15.3 Å². The molecule has 0 spiro atoms. The molecule has 21 heavy (non-hydrogen) atoms. The molecule has 0 radical (unpaired) electrons. The summed E-state index contributed by atoms with van der Waals surface area (Å²) >= 11 is 3.27. The van der Waals surface area contributed by atoms with Gasteiger partial charge in [-0.3, -0.25) is 9.36 Å². The van der Waals surface area contributed by atoms with Crippen LogP contribution in [0.2, 0.25) is 0 Å². The van der Waals surface area contributed by atoms with E-state index < -0.39 is 35.2 Å². The van der Waals surface area contributed by atoms with Gasteiger partial charge in [0.1, 0.15) is 11.6 Å². The summed E-state index contributed by atoms with van der Waals surface area (Å²) in [4.78, 5) is 27.7. The Kier molecular flexibility index (Phi) is 4.32. The lowest BCUT2D eigenvalue weighted by molar-refractivity contribution is 0.0964.